The molecule has 20 heavy (non-hydrogen) atoms. The number of nitrogen functional groups attached to an aromatic ring is 1. The van der Waals surface area contributed by atoms with E-state index in [1.807, 2.05) is 0 Å². The Labute approximate surface area is 118 Å². The van der Waals surface area contributed by atoms with Crippen LogP contribution in [0.15, 0.2) is 29.2 Å². The molecule has 0 spiro atoms. The average molecular weight is 294 g/mol. The van der Waals surface area contributed by atoms with Crippen molar-refractivity contribution >= 4 is 15.7 Å². The highest BCUT2D eigenvalue weighted by atomic mass is 32.2. The van der Waals surface area contributed by atoms with E-state index in [9.17, 15) is 8.42 Å². The summed E-state index contributed by atoms with van der Waals surface area (Å²) in [6, 6.07) is 7.07. The molecule has 6 nitrogen and oxygen atoms in total. The van der Waals surface area contributed by atoms with Crippen molar-refractivity contribution < 1.29 is 8.42 Å². The Hall–Kier alpha value is -1.86. The van der Waals surface area contributed by atoms with E-state index in [1.54, 1.807) is 49.8 Å². The summed E-state index contributed by atoms with van der Waals surface area (Å²) in [6.45, 7) is 3.64. The molecule has 0 amide bonds. The summed E-state index contributed by atoms with van der Waals surface area (Å²) in [5, 5.41) is 4.12. The van der Waals surface area contributed by atoms with Crippen LogP contribution in [0.25, 0.3) is 0 Å². The zero-order valence-electron chi connectivity index (χ0n) is 11.7. The highest BCUT2D eigenvalue weighted by Crippen LogP contribution is 2.18. The van der Waals surface area contributed by atoms with Crippen LogP contribution in [0.1, 0.15) is 17.0 Å². The van der Waals surface area contributed by atoms with Gasteiger partial charge in [-0.05, 0) is 31.5 Å². The van der Waals surface area contributed by atoms with Crippen molar-refractivity contribution in [1.29, 1.82) is 0 Å². The van der Waals surface area contributed by atoms with Crippen LogP contribution >= 0.6 is 0 Å². The second-order valence-corrected chi connectivity index (χ2v) is 6.39. The molecule has 0 aliphatic carbocycles. The second kappa shape index (κ2) is 5.26. The number of nitrogens with two attached hydrogens (primary N) is 1. The summed E-state index contributed by atoms with van der Waals surface area (Å²) in [7, 11) is -1.85. The molecule has 1 aromatic carbocycles. The molecule has 0 aliphatic heterocycles. The van der Waals surface area contributed by atoms with E-state index in [1.165, 1.54) is 0 Å². The Morgan fingerprint density at radius 3 is 2.35 bits per heavy atom. The van der Waals surface area contributed by atoms with Gasteiger partial charge >= 0.3 is 0 Å². The van der Waals surface area contributed by atoms with Crippen LogP contribution in [0, 0.1) is 13.8 Å². The third-order valence-electron chi connectivity index (χ3n) is 3.16. The average Bonchev–Trinajstić information content (AvgIpc) is 2.63. The first-order valence-corrected chi connectivity index (χ1v) is 7.64. The number of rotatable bonds is 4. The van der Waals surface area contributed by atoms with E-state index >= 15 is 0 Å². The highest BCUT2D eigenvalue weighted by Gasteiger charge is 2.23. The van der Waals surface area contributed by atoms with E-state index in [4.69, 9.17) is 5.73 Å². The smallest absolute Gasteiger partial charge is 0.244 e. The van der Waals surface area contributed by atoms with Crippen molar-refractivity contribution in [3.8, 4) is 0 Å². The number of benzene rings is 1. The lowest BCUT2D eigenvalue weighted by Gasteiger charge is -2.07. The number of aryl methyl sites for hydroxylation is 2. The summed E-state index contributed by atoms with van der Waals surface area (Å²) in [6.07, 6.45) is 0. The minimum Gasteiger partial charge on any atom is -0.399 e. The molecule has 0 fully saturated rings. The number of hydrogen-bond donors (Lipinski definition) is 2. The highest BCUT2D eigenvalue weighted by molar-refractivity contribution is 7.89. The lowest BCUT2D eigenvalue weighted by Crippen LogP contribution is -2.24. The fourth-order valence-corrected chi connectivity index (χ4v) is 3.48. The van der Waals surface area contributed by atoms with Gasteiger partial charge in [0.1, 0.15) is 4.90 Å². The molecule has 0 saturated heterocycles. The third kappa shape index (κ3) is 2.83. The molecular weight excluding hydrogens is 276 g/mol. The van der Waals surface area contributed by atoms with Crippen molar-refractivity contribution in [3.63, 3.8) is 0 Å². The minimum atomic E-state index is -3.57. The van der Waals surface area contributed by atoms with E-state index in [0.29, 0.717) is 17.1 Å². The van der Waals surface area contributed by atoms with Gasteiger partial charge < -0.3 is 5.73 Å². The molecule has 0 bridgehead atoms. The maximum absolute atomic E-state index is 12.3. The first-order chi connectivity index (χ1) is 9.31. The number of nitrogens with one attached hydrogen (secondary N) is 1. The molecule has 0 atom stereocenters. The largest absolute Gasteiger partial charge is 0.399 e. The Balaban J connectivity index is 2.21. The summed E-state index contributed by atoms with van der Waals surface area (Å²) in [5.74, 6) is 0. The molecular formula is C13H18N4O2S. The first kappa shape index (κ1) is 14.5. The normalized spacial score (nSPS) is 11.8. The zero-order valence-corrected chi connectivity index (χ0v) is 12.5. The van der Waals surface area contributed by atoms with Gasteiger partial charge in [-0.2, -0.15) is 5.10 Å². The van der Waals surface area contributed by atoms with Gasteiger partial charge in [0.15, 0.2) is 0 Å². The monoisotopic (exact) mass is 294 g/mol. The molecule has 7 heteroatoms. The fraction of sp³-hybridized carbons (Fsp3) is 0.308. The van der Waals surface area contributed by atoms with Crippen LogP contribution in [0.5, 0.6) is 0 Å². The van der Waals surface area contributed by atoms with Gasteiger partial charge in [0.05, 0.1) is 11.4 Å². The molecule has 0 saturated carbocycles. The predicted molar refractivity (Wildman–Crippen MR) is 77.6 cm³/mol. The first-order valence-electron chi connectivity index (χ1n) is 6.15. The van der Waals surface area contributed by atoms with Crippen molar-refractivity contribution in [3.05, 3.63) is 41.2 Å². The van der Waals surface area contributed by atoms with E-state index < -0.39 is 10.0 Å². The van der Waals surface area contributed by atoms with Gasteiger partial charge in [-0.3, -0.25) is 4.68 Å². The maximum atomic E-state index is 12.3. The van der Waals surface area contributed by atoms with Crippen molar-refractivity contribution in [2.45, 2.75) is 25.3 Å². The molecule has 0 radical (unpaired) electrons. The number of aromatic nitrogens is 2. The quantitative estimate of drug-likeness (QED) is 0.826. The van der Waals surface area contributed by atoms with Crippen LogP contribution in [0.2, 0.25) is 0 Å². The summed E-state index contributed by atoms with van der Waals surface area (Å²) in [5.41, 5.74) is 8.20. The van der Waals surface area contributed by atoms with Gasteiger partial charge in [-0.25, -0.2) is 13.1 Å². The molecule has 108 valence electrons. The second-order valence-electron chi connectivity index (χ2n) is 4.69. The Kier molecular flexibility index (Phi) is 3.82. The molecule has 0 unspecified atom stereocenters. The lowest BCUT2D eigenvalue weighted by atomic mass is 10.2. The number of nitrogens with zero attached hydrogens (tertiary/aromatic N) is 2. The predicted octanol–water partition coefficient (Wildman–Crippen LogP) is 1.10. The van der Waals surface area contributed by atoms with E-state index in [0.717, 1.165) is 5.56 Å². The summed E-state index contributed by atoms with van der Waals surface area (Å²) in [4.78, 5) is 0.246. The molecule has 3 N–H and O–H groups in total. The van der Waals surface area contributed by atoms with Crippen LogP contribution in [0.4, 0.5) is 5.69 Å². The van der Waals surface area contributed by atoms with Crippen LogP contribution in [-0.2, 0) is 23.6 Å². The molecule has 1 heterocycles. The standard InChI is InChI=1S/C13H18N4O2S/c1-9-13(10(2)17(3)16-9)20(18,19)15-8-11-4-6-12(14)7-5-11/h4-7,15H,8,14H2,1-3H3. The van der Waals surface area contributed by atoms with Crippen LogP contribution in [0.3, 0.4) is 0 Å². The van der Waals surface area contributed by atoms with Crippen molar-refractivity contribution in [1.82, 2.24) is 14.5 Å². The number of anilines is 1. The maximum Gasteiger partial charge on any atom is 0.244 e. The van der Waals surface area contributed by atoms with Gasteiger partial charge in [0, 0.05) is 19.3 Å². The Morgan fingerprint density at radius 2 is 1.85 bits per heavy atom. The van der Waals surface area contributed by atoms with Crippen LogP contribution in [-0.4, -0.2) is 18.2 Å². The van der Waals surface area contributed by atoms with E-state index in [2.05, 4.69) is 9.82 Å². The topological polar surface area (TPSA) is 90.0 Å². The van der Waals surface area contributed by atoms with E-state index in [-0.39, 0.29) is 11.4 Å². The number of sulfonamides is 1. The summed E-state index contributed by atoms with van der Waals surface area (Å²) >= 11 is 0. The zero-order chi connectivity index (χ0) is 14.9. The van der Waals surface area contributed by atoms with Crippen molar-refractivity contribution in [2.24, 2.45) is 7.05 Å². The minimum absolute atomic E-state index is 0.219. The van der Waals surface area contributed by atoms with Crippen LogP contribution < -0.4 is 10.5 Å². The van der Waals surface area contributed by atoms with Gasteiger partial charge in [-0.15, -0.1) is 0 Å². The Morgan fingerprint density at radius 1 is 1.25 bits per heavy atom. The lowest BCUT2D eigenvalue weighted by molar-refractivity contribution is 0.579. The Bertz CT molecular complexity index is 718. The third-order valence-corrected chi connectivity index (χ3v) is 4.81. The molecule has 1 aromatic heterocycles. The SMILES string of the molecule is Cc1nn(C)c(C)c1S(=O)(=O)NCc1ccc(N)cc1. The number of hydrogen-bond acceptors (Lipinski definition) is 4. The fourth-order valence-electron chi connectivity index (χ4n) is 2.03. The van der Waals surface area contributed by atoms with Crippen molar-refractivity contribution in [2.75, 3.05) is 5.73 Å². The van der Waals surface area contributed by atoms with Gasteiger partial charge in [-0.1, -0.05) is 12.1 Å². The molecule has 2 aromatic rings. The van der Waals surface area contributed by atoms with Gasteiger partial charge in [0.25, 0.3) is 0 Å². The van der Waals surface area contributed by atoms with Gasteiger partial charge in [0.2, 0.25) is 10.0 Å². The molecule has 0 aliphatic rings. The molecule has 2 rings (SSSR count). The summed E-state index contributed by atoms with van der Waals surface area (Å²) < 4.78 is 28.8.